The molecule has 3 rings (SSSR count). The number of nitrogens with one attached hydrogen (secondary N) is 2. The van der Waals surface area contributed by atoms with Crippen molar-refractivity contribution in [3.05, 3.63) is 50.3 Å². The smallest absolute Gasteiger partial charge is 0.407 e. The Bertz CT molecular complexity index is 1140. The summed E-state index contributed by atoms with van der Waals surface area (Å²) in [6.45, 7) is 10.4. The number of amides is 2. The number of nitro benzene ring substituents is 1. The first kappa shape index (κ1) is 23.2. The van der Waals surface area contributed by atoms with Crippen LogP contribution in [0.3, 0.4) is 0 Å². The number of aromatic nitrogens is 1. The third-order valence-corrected chi connectivity index (χ3v) is 5.83. The number of benzene rings is 1. The van der Waals surface area contributed by atoms with Crippen molar-refractivity contribution in [2.24, 2.45) is 11.3 Å². The molecule has 1 aromatic heterocycles. The van der Waals surface area contributed by atoms with Crippen LogP contribution in [-0.2, 0) is 4.74 Å². The van der Waals surface area contributed by atoms with Crippen LogP contribution >= 0.6 is 0 Å². The fraction of sp³-hybridized carbons (Fsp3) is 0.500. The Morgan fingerprint density at radius 1 is 1.34 bits per heavy atom. The van der Waals surface area contributed by atoms with Crippen molar-refractivity contribution in [1.82, 2.24) is 15.2 Å². The van der Waals surface area contributed by atoms with E-state index in [-0.39, 0.29) is 23.1 Å². The summed E-state index contributed by atoms with van der Waals surface area (Å²) >= 11 is 0. The molecule has 1 saturated heterocycles. The number of pyridine rings is 1. The highest BCUT2D eigenvalue weighted by molar-refractivity contribution is 6.06. The fourth-order valence-corrected chi connectivity index (χ4v) is 3.88. The van der Waals surface area contributed by atoms with Crippen molar-refractivity contribution in [2.45, 2.75) is 40.2 Å². The van der Waals surface area contributed by atoms with E-state index in [1.807, 2.05) is 13.8 Å². The number of alkyl carbamates (subject to hydrolysis) is 1. The number of H-pyrrole nitrogens is 1. The first-order valence-corrected chi connectivity index (χ1v) is 10.4. The molecule has 2 N–H and O–H groups in total. The molecule has 2 aromatic rings. The predicted molar refractivity (Wildman–Crippen MR) is 119 cm³/mol. The number of rotatable bonds is 4. The van der Waals surface area contributed by atoms with E-state index in [0.29, 0.717) is 30.5 Å². The van der Waals surface area contributed by atoms with Gasteiger partial charge in [0.25, 0.3) is 11.6 Å². The minimum atomic E-state index is -0.613. The summed E-state index contributed by atoms with van der Waals surface area (Å²) < 4.78 is 5.29. The zero-order valence-electron chi connectivity index (χ0n) is 18.9. The van der Waals surface area contributed by atoms with E-state index in [2.05, 4.69) is 10.3 Å². The van der Waals surface area contributed by atoms with Gasteiger partial charge in [0.2, 0.25) is 5.56 Å². The minimum Gasteiger partial charge on any atom is -0.444 e. The van der Waals surface area contributed by atoms with E-state index in [1.165, 1.54) is 24.3 Å². The highest BCUT2D eigenvalue weighted by Gasteiger charge is 2.43. The average Bonchev–Trinajstić information content (AvgIpc) is 2.98. The number of nitro groups is 1. The van der Waals surface area contributed by atoms with Crippen molar-refractivity contribution in [3.8, 4) is 0 Å². The van der Waals surface area contributed by atoms with Gasteiger partial charge in [-0.25, -0.2) is 4.79 Å². The molecule has 2 atom stereocenters. The zero-order chi connectivity index (χ0) is 23.8. The standard InChI is InChI=1S/C22H28N4O6/c1-13-10-25(12-22(13,5)11-23-20(29)32-21(2,3)4)19(28)16-9-18(27)24-17-7-6-14(26(30)31)8-15(16)17/h6-9,13H,10-12H2,1-5H3,(H,23,29)(H,24,27)/t13-,22-/m1/s1. The summed E-state index contributed by atoms with van der Waals surface area (Å²) in [6, 6.07) is 5.17. The highest BCUT2D eigenvalue weighted by Crippen LogP contribution is 2.36. The van der Waals surface area contributed by atoms with Crippen LogP contribution < -0.4 is 10.9 Å². The normalized spacial score (nSPS) is 20.9. The Balaban J connectivity index is 1.84. The maximum Gasteiger partial charge on any atom is 0.407 e. The Labute approximate surface area is 185 Å². The number of ether oxygens (including phenoxy) is 1. The van der Waals surface area contributed by atoms with Crippen LogP contribution in [0.1, 0.15) is 45.0 Å². The quantitative estimate of drug-likeness (QED) is 0.550. The number of carbonyl (C=O) groups excluding carboxylic acids is 2. The number of nitrogens with zero attached hydrogens (tertiary/aromatic N) is 2. The maximum atomic E-state index is 13.3. The summed E-state index contributed by atoms with van der Waals surface area (Å²) in [4.78, 5) is 52.4. The third-order valence-electron chi connectivity index (χ3n) is 5.83. The van der Waals surface area contributed by atoms with Crippen molar-refractivity contribution in [2.75, 3.05) is 19.6 Å². The summed E-state index contributed by atoms with van der Waals surface area (Å²) in [5.74, 6) is -0.321. The van der Waals surface area contributed by atoms with E-state index in [1.54, 1.807) is 25.7 Å². The number of non-ortho nitro benzene ring substituents is 1. The Morgan fingerprint density at radius 3 is 2.66 bits per heavy atom. The van der Waals surface area contributed by atoms with Gasteiger partial charge in [0.1, 0.15) is 5.60 Å². The molecule has 1 aliphatic rings. The van der Waals surface area contributed by atoms with Gasteiger partial charge in [-0.1, -0.05) is 13.8 Å². The molecule has 1 fully saturated rings. The Hall–Kier alpha value is -3.43. The monoisotopic (exact) mass is 444 g/mol. The molecule has 1 aromatic carbocycles. The highest BCUT2D eigenvalue weighted by atomic mass is 16.6. The van der Waals surface area contributed by atoms with Gasteiger partial charge in [-0.15, -0.1) is 0 Å². The van der Waals surface area contributed by atoms with Crippen LogP contribution in [0.15, 0.2) is 29.1 Å². The van der Waals surface area contributed by atoms with Gasteiger partial charge in [0.05, 0.1) is 10.5 Å². The van der Waals surface area contributed by atoms with E-state index in [4.69, 9.17) is 4.74 Å². The number of hydrogen-bond acceptors (Lipinski definition) is 6. The maximum absolute atomic E-state index is 13.3. The summed E-state index contributed by atoms with van der Waals surface area (Å²) in [5, 5.41) is 14.3. The second-order valence-corrected chi connectivity index (χ2v) is 9.63. The molecule has 0 unspecified atom stereocenters. The van der Waals surface area contributed by atoms with E-state index in [9.17, 15) is 24.5 Å². The van der Waals surface area contributed by atoms with Gasteiger partial charge in [-0.3, -0.25) is 19.7 Å². The van der Waals surface area contributed by atoms with Crippen molar-refractivity contribution in [3.63, 3.8) is 0 Å². The first-order valence-electron chi connectivity index (χ1n) is 10.4. The number of carbonyl (C=O) groups is 2. The first-order chi connectivity index (χ1) is 14.8. The van der Waals surface area contributed by atoms with Crippen LogP contribution in [0.4, 0.5) is 10.5 Å². The lowest BCUT2D eigenvalue weighted by Gasteiger charge is -2.29. The molecule has 2 heterocycles. The van der Waals surface area contributed by atoms with Gasteiger partial charge in [-0.05, 0) is 32.8 Å². The van der Waals surface area contributed by atoms with Crippen LogP contribution in [0, 0.1) is 21.4 Å². The molecule has 2 amide bonds. The van der Waals surface area contributed by atoms with Gasteiger partial charge in [0.15, 0.2) is 0 Å². The molecule has 1 aliphatic heterocycles. The number of aromatic amines is 1. The zero-order valence-corrected chi connectivity index (χ0v) is 18.9. The van der Waals surface area contributed by atoms with E-state index >= 15 is 0 Å². The Morgan fingerprint density at radius 2 is 2.03 bits per heavy atom. The number of fused-ring (bicyclic) bond motifs is 1. The molecule has 0 aliphatic carbocycles. The molecule has 0 saturated carbocycles. The molecule has 10 heteroatoms. The van der Waals surface area contributed by atoms with Gasteiger partial charge in [0, 0.05) is 54.2 Å². The molecule has 32 heavy (non-hydrogen) atoms. The third kappa shape index (κ3) is 4.90. The van der Waals surface area contributed by atoms with Crippen LogP contribution in [0.2, 0.25) is 0 Å². The summed E-state index contributed by atoms with van der Waals surface area (Å²) in [6.07, 6.45) is -0.524. The molecule has 10 nitrogen and oxygen atoms in total. The van der Waals surface area contributed by atoms with Crippen LogP contribution in [0.5, 0.6) is 0 Å². The molecular formula is C22H28N4O6. The molecule has 0 bridgehead atoms. The molecule has 172 valence electrons. The lowest BCUT2D eigenvalue weighted by molar-refractivity contribution is -0.384. The predicted octanol–water partition coefficient (Wildman–Crippen LogP) is 3.06. The van der Waals surface area contributed by atoms with Gasteiger partial charge in [-0.2, -0.15) is 0 Å². The topological polar surface area (TPSA) is 135 Å². The lowest BCUT2D eigenvalue weighted by atomic mass is 9.81. The molecular weight excluding hydrogens is 416 g/mol. The lowest BCUT2D eigenvalue weighted by Crippen LogP contribution is -2.42. The number of hydrogen-bond donors (Lipinski definition) is 2. The molecule has 0 spiro atoms. The Kier molecular flexibility index (Phi) is 5.99. The molecule has 0 radical (unpaired) electrons. The van der Waals surface area contributed by atoms with E-state index in [0.717, 1.165) is 0 Å². The second-order valence-electron chi connectivity index (χ2n) is 9.63. The fourth-order valence-electron chi connectivity index (χ4n) is 3.88. The van der Waals surface area contributed by atoms with E-state index < -0.39 is 27.6 Å². The van der Waals surface area contributed by atoms with Crippen molar-refractivity contribution in [1.29, 1.82) is 0 Å². The SMILES string of the molecule is C[C@@H]1CN(C(=O)c2cc(=O)[nH]c3ccc([N+](=O)[O-])cc23)C[C@@]1(C)CNC(=O)OC(C)(C)C. The largest absolute Gasteiger partial charge is 0.444 e. The van der Waals surface area contributed by atoms with Gasteiger partial charge < -0.3 is 19.9 Å². The van der Waals surface area contributed by atoms with Gasteiger partial charge >= 0.3 is 6.09 Å². The summed E-state index contributed by atoms with van der Waals surface area (Å²) in [7, 11) is 0. The van der Waals surface area contributed by atoms with Crippen molar-refractivity contribution >= 4 is 28.6 Å². The minimum absolute atomic E-state index is 0.0592. The van der Waals surface area contributed by atoms with Crippen molar-refractivity contribution < 1.29 is 19.2 Å². The van der Waals surface area contributed by atoms with Crippen LogP contribution in [-0.4, -0.2) is 52.0 Å². The average molecular weight is 444 g/mol. The second kappa shape index (κ2) is 8.25. The number of likely N-dealkylation sites (tertiary alicyclic amines) is 1. The van der Waals surface area contributed by atoms with Crippen LogP contribution in [0.25, 0.3) is 10.9 Å². The summed E-state index contributed by atoms with van der Waals surface area (Å²) in [5.41, 5.74) is -1.18.